The summed E-state index contributed by atoms with van der Waals surface area (Å²) in [5, 5.41) is 3.89. The van der Waals surface area contributed by atoms with Crippen LogP contribution in [0.3, 0.4) is 0 Å². The molecule has 0 aliphatic carbocycles. The molecule has 0 N–H and O–H groups in total. The Morgan fingerprint density at radius 2 is 2.26 bits per heavy atom. The Kier molecular flexibility index (Phi) is 5.22. The largest absolute Gasteiger partial charge is 0.497 e. The predicted octanol–water partition coefficient (Wildman–Crippen LogP) is 1.80. The van der Waals surface area contributed by atoms with Gasteiger partial charge >= 0.3 is 0 Å². The molecule has 23 heavy (non-hydrogen) atoms. The zero-order valence-electron chi connectivity index (χ0n) is 13.4. The maximum absolute atomic E-state index is 5.89. The first-order valence-corrected chi connectivity index (χ1v) is 7.57. The fraction of sp³-hybridized carbons (Fsp3) is 0.500. The first-order chi connectivity index (χ1) is 11.3. The van der Waals surface area contributed by atoms with Gasteiger partial charge in [0.15, 0.2) is 5.82 Å². The molecule has 0 spiro atoms. The van der Waals surface area contributed by atoms with Crippen LogP contribution in [0.25, 0.3) is 0 Å². The van der Waals surface area contributed by atoms with E-state index in [0.29, 0.717) is 31.5 Å². The highest BCUT2D eigenvalue weighted by Crippen LogP contribution is 2.25. The van der Waals surface area contributed by atoms with E-state index >= 15 is 0 Å². The third kappa shape index (κ3) is 4.07. The summed E-state index contributed by atoms with van der Waals surface area (Å²) < 4.78 is 21.4. The zero-order valence-corrected chi connectivity index (χ0v) is 13.4. The summed E-state index contributed by atoms with van der Waals surface area (Å²) in [7, 11) is 3.27. The maximum Gasteiger partial charge on any atom is 0.240 e. The highest BCUT2D eigenvalue weighted by molar-refractivity contribution is 5.30. The summed E-state index contributed by atoms with van der Waals surface area (Å²) >= 11 is 0. The summed E-state index contributed by atoms with van der Waals surface area (Å²) in [6.07, 6.45) is 0.0141. The molecular formula is C16H21N3O4. The third-order valence-electron chi connectivity index (χ3n) is 3.76. The number of benzene rings is 1. The van der Waals surface area contributed by atoms with Gasteiger partial charge in [-0.3, -0.25) is 4.90 Å². The molecule has 0 bridgehead atoms. The SMILES string of the molecule is COCc1noc(CN2CCO[C@H](c3cccc(OC)c3)C2)n1. The van der Waals surface area contributed by atoms with Crippen LogP contribution in [-0.4, -0.2) is 49.0 Å². The number of aromatic nitrogens is 2. The van der Waals surface area contributed by atoms with E-state index in [1.807, 2.05) is 18.2 Å². The van der Waals surface area contributed by atoms with Gasteiger partial charge in [0.2, 0.25) is 5.89 Å². The molecule has 2 heterocycles. The van der Waals surface area contributed by atoms with Crippen LogP contribution in [0, 0.1) is 0 Å². The number of hydrogen-bond acceptors (Lipinski definition) is 7. The second-order valence-electron chi connectivity index (χ2n) is 5.41. The molecule has 7 heteroatoms. The minimum absolute atomic E-state index is 0.0141. The van der Waals surface area contributed by atoms with Crippen molar-refractivity contribution >= 4 is 0 Å². The summed E-state index contributed by atoms with van der Waals surface area (Å²) in [5.74, 6) is 2.01. The lowest BCUT2D eigenvalue weighted by atomic mass is 10.1. The minimum atomic E-state index is 0.0141. The molecule has 0 amide bonds. The fourth-order valence-corrected chi connectivity index (χ4v) is 2.62. The molecule has 7 nitrogen and oxygen atoms in total. The molecule has 124 valence electrons. The monoisotopic (exact) mass is 319 g/mol. The molecular weight excluding hydrogens is 298 g/mol. The summed E-state index contributed by atoms with van der Waals surface area (Å²) in [5.41, 5.74) is 1.11. The van der Waals surface area contributed by atoms with Crippen molar-refractivity contribution in [3.8, 4) is 5.75 Å². The van der Waals surface area contributed by atoms with E-state index in [9.17, 15) is 0 Å². The number of hydrogen-bond donors (Lipinski definition) is 0. The van der Waals surface area contributed by atoms with Crippen LogP contribution in [0.2, 0.25) is 0 Å². The smallest absolute Gasteiger partial charge is 0.240 e. The molecule has 1 aliphatic rings. The topological polar surface area (TPSA) is 69.9 Å². The van der Waals surface area contributed by atoms with Crippen LogP contribution in [0.15, 0.2) is 28.8 Å². The molecule has 0 saturated carbocycles. The molecule has 0 radical (unpaired) electrons. The van der Waals surface area contributed by atoms with Gasteiger partial charge in [0, 0.05) is 20.2 Å². The number of nitrogens with zero attached hydrogens (tertiary/aromatic N) is 3. The average molecular weight is 319 g/mol. The Bertz CT molecular complexity index is 631. The highest BCUT2D eigenvalue weighted by Gasteiger charge is 2.23. The van der Waals surface area contributed by atoms with E-state index in [0.717, 1.165) is 24.4 Å². The van der Waals surface area contributed by atoms with Crippen LogP contribution in [0.4, 0.5) is 0 Å². The van der Waals surface area contributed by atoms with Crippen LogP contribution in [0.1, 0.15) is 23.4 Å². The van der Waals surface area contributed by atoms with Gasteiger partial charge < -0.3 is 18.7 Å². The van der Waals surface area contributed by atoms with E-state index in [1.54, 1.807) is 14.2 Å². The molecule has 1 aromatic heterocycles. The first kappa shape index (κ1) is 15.9. The number of ether oxygens (including phenoxy) is 3. The van der Waals surface area contributed by atoms with Crippen molar-refractivity contribution in [3.63, 3.8) is 0 Å². The molecule has 1 atom stereocenters. The number of morpholine rings is 1. The Morgan fingerprint density at radius 3 is 3.09 bits per heavy atom. The minimum Gasteiger partial charge on any atom is -0.497 e. The second-order valence-corrected chi connectivity index (χ2v) is 5.41. The van der Waals surface area contributed by atoms with Crippen LogP contribution in [-0.2, 0) is 22.6 Å². The predicted molar refractivity (Wildman–Crippen MR) is 82.0 cm³/mol. The van der Waals surface area contributed by atoms with E-state index in [2.05, 4.69) is 21.1 Å². The van der Waals surface area contributed by atoms with Crippen molar-refractivity contribution < 1.29 is 18.7 Å². The van der Waals surface area contributed by atoms with E-state index in [1.165, 1.54) is 0 Å². The van der Waals surface area contributed by atoms with Gasteiger partial charge in [-0.1, -0.05) is 17.3 Å². The van der Waals surface area contributed by atoms with Crippen molar-refractivity contribution in [2.45, 2.75) is 19.3 Å². The van der Waals surface area contributed by atoms with Gasteiger partial charge in [0.1, 0.15) is 12.4 Å². The Hall–Kier alpha value is -1.96. The van der Waals surface area contributed by atoms with Gasteiger partial charge in [0.05, 0.1) is 26.4 Å². The van der Waals surface area contributed by atoms with Crippen molar-refractivity contribution in [1.82, 2.24) is 15.0 Å². The third-order valence-corrected chi connectivity index (χ3v) is 3.76. The molecule has 3 rings (SSSR count). The van der Waals surface area contributed by atoms with E-state index in [4.69, 9.17) is 18.7 Å². The Morgan fingerprint density at radius 1 is 1.35 bits per heavy atom. The highest BCUT2D eigenvalue weighted by atomic mass is 16.5. The Balaban J connectivity index is 1.63. The second kappa shape index (κ2) is 7.54. The maximum atomic E-state index is 5.89. The van der Waals surface area contributed by atoms with Gasteiger partial charge in [0.25, 0.3) is 0 Å². The normalized spacial score (nSPS) is 19.0. The molecule has 1 fully saturated rings. The van der Waals surface area contributed by atoms with E-state index < -0.39 is 0 Å². The number of rotatable bonds is 6. The molecule has 1 saturated heterocycles. The summed E-state index contributed by atoms with van der Waals surface area (Å²) in [6, 6.07) is 7.98. The van der Waals surface area contributed by atoms with Gasteiger partial charge in [-0.05, 0) is 17.7 Å². The lowest BCUT2D eigenvalue weighted by Crippen LogP contribution is -2.37. The van der Waals surface area contributed by atoms with Crippen molar-refractivity contribution in [1.29, 1.82) is 0 Å². The molecule has 0 unspecified atom stereocenters. The van der Waals surface area contributed by atoms with Crippen LogP contribution >= 0.6 is 0 Å². The number of methoxy groups -OCH3 is 2. The molecule has 1 aromatic carbocycles. The van der Waals surface area contributed by atoms with Gasteiger partial charge in [-0.15, -0.1) is 0 Å². The van der Waals surface area contributed by atoms with Crippen LogP contribution < -0.4 is 4.74 Å². The van der Waals surface area contributed by atoms with Crippen LogP contribution in [0.5, 0.6) is 5.75 Å². The molecule has 2 aromatic rings. The van der Waals surface area contributed by atoms with Crippen molar-refractivity contribution in [2.24, 2.45) is 0 Å². The lowest BCUT2D eigenvalue weighted by molar-refractivity contribution is -0.0356. The van der Waals surface area contributed by atoms with Crippen molar-refractivity contribution in [3.05, 3.63) is 41.5 Å². The lowest BCUT2D eigenvalue weighted by Gasteiger charge is -2.32. The van der Waals surface area contributed by atoms with Gasteiger partial charge in [-0.25, -0.2) is 0 Å². The van der Waals surface area contributed by atoms with E-state index in [-0.39, 0.29) is 6.10 Å². The average Bonchev–Trinajstić information content (AvgIpc) is 3.02. The van der Waals surface area contributed by atoms with Gasteiger partial charge in [-0.2, -0.15) is 4.98 Å². The Labute approximate surface area is 135 Å². The molecule has 1 aliphatic heterocycles. The fourth-order valence-electron chi connectivity index (χ4n) is 2.62. The van der Waals surface area contributed by atoms with Crippen molar-refractivity contribution in [2.75, 3.05) is 33.9 Å². The zero-order chi connectivity index (χ0) is 16.1. The summed E-state index contributed by atoms with van der Waals surface area (Å²) in [4.78, 5) is 6.56. The first-order valence-electron chi connectivity index (χ1n) is 7.57. The summed E-state index contributed by atoms with van der Waals surface area (Å²) in [6.45, 7) is 3.25. The quantitative estimate of drug-likeness (QED) is 0.804. The standard InChI is InChI=1S/C16H21N3O4/c1-20-11-15-17-16(23-18-15)10-19-6-7-22-14(9-19)12-4-3-5-13(8-12)21-2/h3-5,8,14H,6-7,9-11H2,1-2H3/t14-/m0/s1.